The minimum Gasteiger partial charge on any atom is -0.619 e. The van der Waals surface area contributed by atoms with Crippen molar-refractivity contribution < 1.29 is 13.9 Å². The highest BCUT2D eigenvalue weighted by atomic mass is 32.1. The van der Waals surface area contributed by atoms with Crippen LogP contribution in [0.25, 0.3) is 22.4 Å². The molecule has 0 spiro atoms. The Morgan fingerprint density at radius 2 is 2.00 bits per heavy atom. The number of hydrogen-bond acceptors (Lipinski definition) is 5. The van der Waals surface area contributed by atoms with Gasteiger partial charge in [0, 0.05) is 22.9 Å². The minimum atomic E-state index is -0.318. The zero-order valence-corrected chi connectivity index (χ0v) is 13.1. The van der Waals surface area contributed by atoms with E-state index in [1.54, 1.807) is 0 Å². The lowest BCUT2D eigenvalue weighted by atomic mass is 10.2. The number of amides is 1. The lowest BCUT2D eigenvalue weighted by molar-refractivity contribution is -0.605. The standard InChI is InChI=1S/C17H11N3O3S/c21-16(11-5-7-20(22)8-6-11)19-17-18-13(10-24-17)15-9-12-3-1-2-4-14(12)23-15/h1-10H,(H,18,19,21). The molecule has 1 amide bonds. The van der Waals surface area contributed by atoms with E-state index in [4.69, 9.17) is 4.42 Å². The summed E-state index contributed by atoms with van der Waals surface area (Å²) in [6.07, 6.45) is 2.55. The van der Waals surface area contributed by atoms with Gasteiger partial charge in [0.25, 0.3) is 5.91 Å². The van der Waals surface area contributed by atoms with Crippen LogP contribution in [0.2, 0.25) is 0 Å². The molecule has 0 aliphatic heterocycles. The van der Waals surface area contributed by atoms with Gasteiger partial charge in [-0.3, -0.25) is 10.1 Å². The molecule has 7 heteroatoms. The Labute approximate surface area is 140 Å². The molecule has 0 saturated heterocycles. The van der Waals surface area contributed by atoms with Crippen LogP contribution < -0.4 is 10.0 Å². The van der Waals surface area contributed by atoms with Crippen molar-refractivity contribution in [2.75, 3.05) is 5.32 Å². The highest BCUT2D eigenvalue weighted by Gasteiger charge is 2.13. The Hall–Kier alpha value is -3.19. The molecule has 4 aromatic rings. The second kappa shape index (κ2) is 5.78. The molecule has 0 aliphatic carbocycles. The number of carbonyl (C=O) groups is 1. The van der Waals surface area contributed by atoms with E-state index in [1.807, 2.05) is 35.7 Å². The average molecular weight is 337 g/mol. The number of hydrogen-bond donors (Lipinski definition) is 1. The first-order valence-corrected chi connectivity index (χ1v) is 8.02. The van der Waals surface area contributed by atoms with Gasteiger partial charge >= 0.3 is 0 Å². The predicted octanol–water partition coefficient (Wildman–Crippen LogP) is 3.44. The van der Waals surface area contributed by atoms with Crippen molar-refractivity contribution in [2.24, 2.45) is 0 Å². The Kier molecular flexibility index (Phi) is 3.47. The van der Waals surface area contributed by atoms with Gasteiger partial charge in [0.1, 0.15) is 11.3 Å². The predicted molar refractivity (Wildman–Crippen MR) is 90.7 cm³/mol. The van der Waals surface area contributed by atoms with E-state index in [0.29, 0.717) is 26.9 Å². The van der Waals surface area contributed by atoms with Crippen molar-refractivity contribution in [3.63, 3.8) is 0 Å². The van der Waals surface area contributed by atoms with E-state index in [9.17, 15) is 10.0 Å². The first kappa shape index (κ1) is 14.4. The highest BCUT2D eigenvalue weighted by molar-refractivity contribution is 7.14. The van der Waals surface area contributed by atoms with Crippen LogP contribution >= 0.6 is 11.3 Å². The van der Waals surface area contributed by atoms with Crippen LogP contribution in [0.5, 0.6) is 0 Å². The molecule has 4 rings (SSSR count). The van der Waals surface area contributed by atoms with E-state index in [0.717, 1.165) is 11.0 Å². The molecule has 0 bridgehead atoms. The summed E-state index contributed by atoms with van der Waals surface area (Å²) >= 11 is 1.31. The number of thiazole rings is 1. The van der Waals surface area contributed by atoms with E-state index in [2.05, 4.69) is 10.3 Å². The van der Waals surface area contributed by atoms with E-state index >= 15 is 0 Å². The van der Waals surface area contributed by atoms with E-state index in [-0.39, 0.29) is 5.91 Å². The van der Waals surface area contributed by atoms with Crippen molar-refractivity contribution in [1.29, 1.82) is 0 Å². The smallest absolute Gasteiger partial charge is 0.257 e. The number of carbonyl (C=O) groups excluding carboxylic acids is 1. The molecule has 118 valence electrons. The zero-order chi connectivity index (χ0) is 16.5. The van der Waals surface area contributed by atoms with Gasteiger partial charge in [-0.15, -0.1) is 11.3 Å². The molecule has 3 heterocycles. The molecule has 0 unspecified atom stereocenters. The third-order valence-corrected chi connectivity index (χ3v) is 4.22. The quantitative estimate of drug-likeness (QED) is 0.458. The molecule has 0 saturated carbocycles. The van der Waals surface area contributed by atoms with Gasteiger partial charge in [-0.1, -0.05) is 18.2 Å². The van der Waals surface area contributed by atoms with Gasteiger partial charge in [-0.05, 0) is 12.1 Å². The summed E-state index contributed by atoms with van der Waals surface area (Å²) < 4.78 is 6.39. The first-order valence-electron chi connectivity index (χ1n) is 7.14. The third-order valence-electron chi connectivity index (χ3n) is 3.47. The molecule has 6 nitrogen and oxygen atoms in total. The summed E-state index contributed by atoms with van der Waals surface area (Å²) in [7, 11) is 0. The van der Waals surface area contributed by atoms with E-state index < -0.39 is 0 Å². The zero-order valence-electron chi connectivity index (χ0n) is 12.3. The van der Waals surface area contributed by atoms with Gasteiger partial charge in [0.2, 0.25) is 0 Å². The van der Waals surface area contributed by atoms with Gasteiger partial charge in [0.05, 0.1) is 5.56 Å². The number of aromatic nitrogens is 2. The Morgan fingerprint density at radius 1 is 1.21 bits per heavy atom. The molecule has 1 aromatic carbocycles. The fourth-order valence-electron chi connectivity index (χ4n) is 2.29. The van der Waals surface area contributed by atoms with Crippen LogP contribution in [0.4, 0.5) is 5.13 Å². The Balaban J connectivity index is 1.56. The van der Waals surface area contributed by atoms with Crippen molar-refractivity contribution in [1.82, 2.24) is 4.98 Å². The molecule has 1 N–H and O–H groups in total. The summed E-state index contributed by atoms with van der Waals surface area (Å²) in [5, 5.41) is 17.0. The van der Waals surface area contributed by atoms with Crippen LogP contribution in [-0.2, 0) is 0 Å². The summed E-state index contributed by atoms with van der Waals surface area (Å²) in [6, 6.07) is 12.5. The Bertz CT molecular complexity index is 988. The number of fused-ring (bicyclic) bond motifs is 1. The number of benzene rings is 1. The van der Waals surface area contributed by atoms with Crippen molar-refractivity contribution in [3.8, 4) is 11.5 Å². The van der Waals surface area contributed by atoms with Crippen LogP contribution in [-0.4, -0.2) is 10.9 Å². The van der Waals surface area contributed by atoms with Crippen LogP contribution in [0.1, 0.15) is 10.4 Å². The monoisotopic (exact) mass is 337 g/mol. The summed E-state index contributed by atoms with van der Waals surface area (Å²) in [4.78, 5) is 16.5. The average Bonchev–Trinajstić information content (AvgIpc) is 3.21. The fourth-order valence-corrected chi connectivity index (χ4v) is 2.98. The maximum atomic E-state index is 12.1. The summed E-state index contributed by atoms with van der Waals surface area (Å²) in [5.41, 5.74) is 1.85. The molecule has 0 fully saturated rings. The summed E-state index contributed by atoms with van der Waals surface area (Å²) in [6.45, 7) is 0. The van der Waals surface area contributed by atoms with Gasteiger partial charge in [-0.25, -0.2) is 4.98 Å². The second-order valence-electron chi connectivity index (χ2n) is 5.09. The lowest BCUT2D eigenvalue weighted by Crippen LogP contribution is -2.25. The molecule has 3 aromatic heterocycles. The normalized spacial score (nSPS) is 10.8. The van der Waals surface area contributed by atoms with Gasteiger partial charge in [-0.2, -0.15) is 4.73 Å². The van der Waals surface area contributed by atoms with E-state index in [1.165, 1.54) is 35.9 Å². The SMILES string of the molecule is O=C(Nc1nc(-c2cc3ccccc3o2)cs1)c1cc[n+]([O-])cc1. The second-order valence-corrected chi connectivity index (χ2v) is 5.95. The largest absolute Gasteiger partial charge is 0.619 e. The number of pyridine rings is 1. The molecular formula is C17H11N3O3S. The number of furan rings is 1. The molecule has 24 heavy (non-hydrogen) atoms. The van der Waals surface area contributed by atoms with Crippen LogP contribution in [0.3, 0.4) is 0 Å². The fraction of sp³-hybridized carbons (Fsp3) is 0. The van der Waals surface area contributed by atoms with Crippen LogP contribution in [0.15, 0.2) is 64.7 Å². The summed E-state index contributed by atoms with van der Waals surface area (Å²) in [5.74, 6) is 0.334. The third kappa shape index (κ3) is 2.72. The van der Waals surface area contributed by atoms with Gasteiger partial charge in [0.15, 0.2) is 23.3 Å². The van der Waals surface area contributed by atoms with Crippen LogP contribution in [0, 0.1) is 5.21 Å². The number of anilines is 1. The molecule has 0 atom stereocenters. The lowest BCUT2D eigenvalue weighted by Gasteiger charge is -2.01. The van der Waals surface area contributed by atoms with Crippen molar-refractivity contribution >= 4 is 33.3 Å². The first-order chi connectivity index (χ1) is 11.7. The maximum absolute atomic E-state index is 12.1. The maximum Gasteiger partial charge on any atom is 0.257 e. The minimum absolute atomic E-state index is 0.318. The van der Waals surface area contributed by atoms with Crippen molar-refractivity contribution in [2.45, 2.75) is 0 Å². The number of para-hydroxylation sites is 1. The number of nitrogens with one attached hydrogen (secondary N) is 1. The van der Waals surface area contributed by atoms with Gasteiger partial charge < -0.3 is 9.62 Å². The molecule has 0 radical (unpaired) electrons. The topological polar surface area (TPSA) is 82.1 Å². The highest BCUT2D eigenvalue weighted by Crippen LogP contribution is 2.30. The Morgan fingerprint density at radius 3 is 2.79 bits per heavy atom. The number of nitrogens with zero attached hydrogens (tertiary/aromatic N) is 2. The molecule has 0 aliphatic rings. The number of rotatable bonds is 3. The van der Waals surface area contributed by atoms with Crippen molar-refractivity contribution in [3.05, 3.63) is 71.0 Å². The molecular weight excluding hydrogens is 326 g/mol.